The van der Waals surface area contributed by atoms with Gasteiger partial charge in [-0.25, -0.2) is 4.98 Å². The largest absolute Gasteiger partial charge is 0.353 e. The second-order valence-corrected chi connectivity index (χ2v) is 5.24. The maximum atomic E-state index is 5.97. The molecule has 0 fully saturated rings. The first kappa shape index (κ1) is 13.8. The van der Waals surface area contributed by atoms with Crippen LogP contribution < -0.4 is 4.90 Å². The van der Waals surface area contributed by atoms with Gasteiger partial charge in [0.2, 0.25) is 0 Å². The molecule has 0 radical (unpaired) electrons. The Morgan fingerprint density at radius 1 is 1.05 bits per heavy atom. The smallest absolute Gasteiger partial charge is 0.136 e. The average Bonchev–Trinajstić information content (AvgIpc) is 2.54. The van der Waals surface area contributed by atoms with E-state index in [0.29, 0.717) is 12.4 Å². The predicted octanol–water partition coefficient (Wildman–Crippen LogP) is 4.01. The fourth-order valence-electron chi connectivity index (χ4n) is 2.40. The van der Waals surface area contributed by atoms with E-state index in [9.17, 15) is 0 Å². The molecular weight excluding hydrogens is 282 g/mol. The maximum absolute atomic E-state index is 5.97. The summed E-state index contributed by atoms with van der Waals surface area (Å²) in [5.74, 6) is 1.35. The van der Waals surface area contributed by atoms with Gasteiger partial charge in [0.15, 0.2) is 0 Å². The lowest BCUT2D eigenvalue weighted by molar-refractivity contribution is 0.867. The van der Waals surface area contributed by atoms with Crippen LogP contribution in [0, 0.1) is 0 Å². The highest BCUT2D eigenvalue weighted by Crippen LogP contribution is 2.26. The fraction of sp³-hybridized carbons (Fsp3) is 0.176. The topological polar surface area (TPSA) is 29.0 Å². The van der Waals surface area contributed by atoms with E-state index >= 15 is 0 Å². The highest BCUT2D eigenvalue weighted by molar-refractivity contribution is 6.17. The summed E-state index contributed by atoms with van der Waals surface area (Å²) in [4.78, 5) is 11.2. The lowest BCUT2D eigenvalue weighted by Crippen LogP contribution is -2.19. The van der Waals surface area contributed by atoms with E-state index in [2.05, 4.69) is 27.0 Å². The van der Waals surface area contributed by atoms with E-state index in [1.165, 1.54) is 0 Å². The number of rotatable bonds is 4. The highest BCUT2D eigenvalue weighted by atomic mass is 35.5. The van der Waals surface area contributed by atoms with Gasteiger partial charge in [-0.2, -0.15) is 0 Å². The van der Waals surface area contributed by atoms with Crippen molar-refractivity contribution in [2.75, 3.05) is 11.9 Å². The van der Waals surface area contributed by atoms with Gasteiger partial charge < -0.3 is 4.90 Å². The van der Waals surface area contributed by atoms with Crippen molar-refractivity contribution in [2.45, 2.75) is 12.4 Å². The quantitative estimate of drug-likeness (QED) is 0.682. The Hall–Kier alpha value is -2.13. The van der Waals surface area contributed by atoms with E-state index in [1.807, 2.05) is 49.6 Å². The van der Waals surface area contributed by atoms with Crippen LogP contribution in [0.4, 0.5) is 5.82 Å². The minimum atomic E-state index is 0.412. The first-order chi connectivity index (χ1) is 10.3. The molecule has 2 aromatic heterocycles. The first-order valence-electron chi connectivity index (χ1n) is 6.83. The third-order valence-corrected chi connectivity index (χ3v) is 3.67. The SMILES string of the molecule is CN(Cc1ccccn1)c1nc(CCl)cc2ccccc12. The van der Waals surface area contributed by atoms with Crippen molar-refractivity contribution >= 4 is 28.2 Å². The molecule has 3 aromatic rings. The van der Waals surface area contributed by atoms with Crippen molar-refractivity contribution in [1.82, 2.24) is 9.97 Å². The molecule has 0 atom stereocenters. The van der Waals surface area contributed by atoms with Gasteiger partial charge in [0.25, 0.3) is 0 Å². The molecule has 1 aromatic carbocycles. The van der Waals surface area contributed by atoms with E-state index < -0.39 is 0 Å². The van der Waals surface area contributed by atoms with Crippen molar-refractivity contribution in [2.24, 2.45) is 0 Å². The van der Waals surface area contributed by atoms with Crippen LogP contribution >= 0.6 is 11.6 Å². The van der Waals surface area contributed by atoms with Crippen LogP contribution in [0.5, 0.6) is 0 Å². The molecule has 0 amide bonds. The van der Waals surface area contributed by atoms with E-state index in [0.717, 1.165) is 28.0 Å². The zero-order chi connectivity index (χ0) is 14.7. The van der Waals surface area contributed by atoms with Crippen LogP contribution in [0.3, 0.4) is 0 Å². The van der Waals surface area contributed by atoms with Gasteiger partial charge in [-0.05, 0) is 23.6 Å². The molecule has 0 unspecified atom stereocenters. The molecule has 0 saturated heterocycles. The summed E-state index contributed by atoms with van der Waals surface area (Å²) in [6.45, 7) is 0.712. The molecule has 4 heteroatoms. The maximum Gasteiger partial charge on any atom is 0.136 e. The third kappa shape index (κ3) is 2.98. The lowest BCUT2D eigenvalue weighted by Gasteiger charge is -2.20. The standard InChI is InChI=1S/C17H16ClN3/c1-21(12-14-7-4-5-9-19-14)17-16-8-3-2-6-13(16)10-15(11-18)20-17/h2-10H,11-12H2,1H3. The first-order valence-corrected chi connectivity index (χ1v) is 7.37. The van der Waals surface area contributed by atoms with Crippen molar-refractivity contribution in [3.8, 4) is 0 Å². The number of hydrogen-bond donors (Lipinski definition) is 0. The van der Waals surface area contributed by atoms with Gasteiger partial charge in [0, 0.05) is 18.6 Å². The Balaban J connectivity index is 2.02. The number of hydrogen-bond acceptors (Lipinski definition) is 3. The van der Waals surface area contributed by atoms with Crippen LogP contribution in [0.25, 0.3) is 10.8 Å². The molecule has 0 N–H and O–H groups in total. The van der Waals surface area contributed by atoms with Crippen LogP contribution in [0.1, 0.15) is 11.4 Å². The van der Waals surface area contributed by atoms with Crippen molar-refractivity contribution in [1.29, 1.82) is 0 Å². The summed E-state index contributed by atoms with van der Waals surface area (Å²) in [7, 11) is 2.03. The molecule has 2 heterocycles. The lowest BCUT2D eigenvalue weighted by atomic mass is 10.1. The molecule has 21 heavy (non-hydrogen) atoms. The monoisotopic (exact) mass is 297 g/mol. The van der Waals surface area contributed by atoms with Crippen LogP contribution in [-0.2, 0) is 12.4 Å². The Kier molecular flexibility index (Phi) is 4.02. The number of alkyl halides is 1. The van der Waals surface area contributed by atoms with Gasteiger partial charge in [0.05, 0.1) is 23.8 Å². The van der Waals surface area contributed by atoms with Gasteiger partial charge in [-0.1, -0.05) is 30.3 Å². The zero-order valence-corrected chi connectivity index (χ0v) is 12.6. The Bertz CT molecular complexity index is 743. The molecule has 0 bridgehead atoms. The summed E-state index contributed by atoms with van der Waals surface area (Å²) in [5.41, 5.74) is 1.90. The predicted molar refractivity (Wildman–Crippen MR) is 87.6 cm³/mol. The molecule has 0 aliphatic heterocycles. The number of halogens is 1. The van der Waals surface area contributed by atoms with Gasteiger partial charge >= 0.3 is 0 Å². The van der Waals surface area contributed by atoms with Gasteiger partial charge in [0.1, 0.15) is 5.82 Å². The third-order valence-electron chi connectivity index (χ3n) is 3.40. The van der Waals surface area contributed by atoms with Crippen LogP contribution in [0.15, 0.2) is 54.7 Å². The Labute approximate surface area is 129 Å². The average molecular weight is 298 g/mol. The molecule has 3 nitrogen and oxygen atoms in total. The minimum absolute atomic E-state index is 0.412. The van der Waals surface area contributed by atoms with Crippen molar-refractivity contribution in [3.63, 3.8) is 0 Å². The molecule has 3 rings (SSSR count). The highest BCUT2D eigenvalue weighted by Gasteiger charge is 2.10. The molecular formula is C17H16ClN3. The van der Waals surface area contributed by atoms with Crippen molar-refractivity contribution in [3.05, 3.63) is 66.1 Å². The summed E-state index contributed by atoms with van der Waals surface area (Å²) in [5, 5.41) is 2.29. The Morgan fingerprint density at radius 3 is 2.62 bits per heavy atom. The number of pyridine rings is 2. The number of fused-ring (bicyclic) bond motifs is 1. The number of benzene rings is 1. The van der Waals surface area contributed by atoms with E-state index in [1.54, 1.807) is 0 Å². The summed E-state index contributed by atoms with van der Waals surface area (Å²) < 4.78 is 0. The molecule has 0 saturated carbocycles. The summed E-state index contributed by atoms with van der Waals surface area (Å²) in [6, 6.07) is 16.2. The Morgan fingerprint density at radius 2 is 1.86 bits per heavy atom. The molecule has 0 aliphatic carbocycles. The zero-order valence-electron chi connectivity index (χ0n) is 11.8. The summed E-state index contributed by atoms with van der Waals surface area (Å²) >= 11 is 5.97. The van der Waals surface area contributed by atoms with Crippen LogP contribution in [-0.4, -0.2) is 17.0 Å². The number of anilines is 1. The number of aromatic nitrogens is 2. The van der Waals surface area contributed by atoms with E-state index in [4.69, 9.17) is 11.6 Å². The molecule has 106 valence electrons. The van der Waals surface area contributed by atoms with Crippen LogP contribution in [0.2, 0.25) is 0 Å². The van der Waals surface area contributed by atoms with E-state index in [-0.39, 0.29) is 0 Å². The summed E-state index contributed by atoms with van der Waals surface area (Å²) in [6.07, 6.45) is 1.81. The molecule has 0 spiro atoms. The van der Waals surface area contributed by atoms with Crippen molar-refractivity contribution < 1.29 is 0 Å². The molecule has 0 aliphatic rings. The second-order valence-electron chi connectivity index (χ2n) is 4.97. The second kappa shape index (κ2) is 6.10. The van der Waals surface area contributed by atoms with Gasteiger partial charge in [-0.15, -0.1) is 11.6 Å². The number of nitrogens with zero attached hydrogens (tertiary/aromatic N) is 3. The normalized spacial score (nSPS) is 10.8. The van der Waals surface area contributed by atoms with Gasteiger partial charge in [-0.3, -0.25) is 4.98 Å². The fourth-order valence-corrected chi connectivity index (χ4v) is 2.54. The minimum Gasteiger partial charge on any atom is -0.353 e.